The van der Waals surface area contributed by atoms with Gasteiger partial charge in [-0.1, -0.05) is 49.4 Å². The number of amides is 1. The second-order valence-corrected chi connectivity index (χ2v) is 6.68. The molecule has 2 N–H and O–H groups in total. The van der Waals surface area contributed by atoms with Crippen LogP contribution in [0, 0.1) is 19.8 Å². The first-order valence-electron chi connectivity index (χ1n) is 8.54. The molecule has 0 radical (unpaired) electrons. The first-order valence-corrected chi connectivity index (χ1v) is 8.54. The standard InChI is InChI=1S/C21H28N2O2/c1-14-11-17(12-15(2)20(14)25-5)13-23(4)21(24)16(3)19(22)18-9-7-6-8-10-18/h6-12,16,19H,13,22H2,1-5H3. The monoisotopic (exact) mass is 340 g/mol. The third kappa shape index (κ3) is 4.40. The van der Waals surface area contributed by atoms with E-state index >= 15 is 0 Å². The summed E-state index contributed by atoms with van der Waals surface area (Å²) in [4.78, 5) is 14.5. The van der Waals surface area contributed by atoms with Crippen molar-refractivity contribution < 1.29 is 9.53 Å². The Morgan fingerprint density at radius 2 is 1.72 bits per heavy atom. The summed E-state index contributed by atoms with van der Waals surface area (Å²) in [5.74, 6) is 0.660. The van der Waals surface area contributed by atoms with Gasteiger partial charge in [-0.25, -0.2) is 0 Å². The van der Waals surface area contributed by atoms with E-state index in [9.17, 15) is 4.79 Å². The highest BCUT2D eigenvalue weighted by Crippen LogP contribution is 2.26. The summed E-state index contributed by atoms with van der Waals surface area (Å²) in [6, 6.07) is 13.6. The van der Waals surface area contributed by atoms with E-state index in [1.165, 1.54) is 0 Å². The van der Waals surface area contributed by atoms with E-state index in [0.717, 1.165) is 28.0 Å². The van der Waals surface area contributed by atoms with Gasteiger partial charge in [0.1, 0.15) is 5.75 Å². The molecule has 25 heavy (non-hydrogen) atoms. The molecule has 0 spiro atoms. The molecular weight excluding hydrogens is 312 g/mol. The van der Waals surface area contributed by atoms with Crippen molar-refractivity contribution in [2.45, 2.75) is 33.4 Å². The van der Waals surface area contributed by atoms with Gasteiger partial charge in [0.15, 0.2) is 0 Å². The van der Waals surface area contributed by atoms with Crippen LogP contribution in [-0.4, -0.2) is 25.0 Å². The summed E-state index contributed by atoms with van der Waals surface area (Å²) < 4.78 is 5.40. The van der Waals surface area contributed by atoms with Gasteiger partial charge in [-0.2, -0.15) is 0 Å². The molecule has 2 rings (SSSR count). The van der Waals surface area contributed by atoms with Gasteiger partial charge in [0.2, 0.25) is 5.91 Å². The Morgan fingerprint density at radius 3 is 2.24 bits per heavy atom. The number of hydrogen-bond acceptors (Lipinski definition) is 3. The van der Waals surface area contributed by atoms with Crippen LogP contribution in [0.3, 0.4) is 0 Å². The molecule has 0 saturated carbocycles. The van der Waals surface area contributed by atoms with Crippen molar-refractivity contribution in [2.75, 3.05) is 14.2 Å². The summed E-state index contributed by atoms with van der Waals surface area (Å²) in [6.07, 6.45) is 0. The average molecular weight is 340 g/mol. The Hall–Kier alpha value is -2.33. The Balaban J connectivity index is 2.10. The lowest BCUT2D eigenvalue weighted by atomic mass is 9.94. The molecule has 1 amide bonds. The molecule has 2 unspecified atom stereocenters. The first-order chi connectivity index (χ1) is 11.8. The number of nitrogens with two attached hydrogens (primary N) is 1. The van der Waals surface area contributed by atoms with Gasteiger partial charge in [0.25, 0.3) is 0 Å². The average Bonchev–Trinajstić information content (AvgIpc) is 2.60. The maximum Gasteiger partial charge on any atom is 0.227 e. The number of nitrogens with zero attached hydrogens (tertiary/aromatic N) is 1. The Labute approximate surface area is 150 Å². The number of methoxy groups -OCH3 is 1. The lowest BCUT2D eigenvalue weighted by Crippen LogP contribution is -2.36. The Kier molecular flexibility index (Phi) is 6.21. The summed E-state index contributed by atoms with van der Waals surface area (Å²) in [7, 11) is 3.50. The third-order valence-electron chi connectivity index (χ3n) is 4.63. The molecule has 134 valence electrons. The van der Waals surface area contributed by atoms with Gasteiger partial charge in [-0.3, -0.25) is 4.79 Å². The zero-order chi connectivity index (χ0) is 18.6. The topological polar surface area (TPSA) is 55.6 Å². The number of ether oxygens (including phenoxy) is 1. The highest BCUT2D eigenvalue weighted by atomic mass is 16.5. The minimum Gasteiger partial charge on any atom is -0.496 e. The maximum absolute atomic E-state index is 12.8. The van der Waals surface area contributed by atoms with E-state index in [1.807, 2.05) is 58.2 Å². The van der Waals surface area contributed by atoms with Crippen molar-refractivity contribution in [3.05, 3.63) is 64.7 Å². The molecule has 2 aromatic carbocycles. The SMILES string of the molecule is COc1c(C)cc(CN(C)C(=O)C(C)C(N)c2ccccc2)cc1C. The summed E-state index contributed by atoms with van der Waals surface area (Å²) in [5.41, 5.74) is 10.5. The van der Waals surface area contributed by atoms with Crippen LogP contribution in [0.4, 0.5) is 0 Å². The van der Waals surface area contributed by atoms with Crippen LogP contribution < -0.4 is 10.5 Å². The molecule has 0 saturated heterocycles. The van der Waals surface area contributed by atoms with Crippen LogP contribution in [0.5, 0.6) is 5.75 Å². The van der Waals surface area contributed by atoms with Crippen LogP contribution in [-0.2, 0) is 11.3 Å². The summed E-state index contributed by atoms with van der Waals surface area (Å²) in [6.45, 7) is 6.48. The van der Waals surface area contributed by atoms with Crippen LogP contribution in [0.15, 0.2) is 42.5 Å². The summed E-state index contributed by atoms with van der Waals surface area (Å²) >= 11 is 0. The zero-order valence-corrected chi connectivity index (χ0v) is 15.7. The molecular formula is C21H28N2O2. The summed E-state index contributed by atoms with van der Waals surface area (Å²) in [5, 5.41) is 0. The molecule has 2 atom stereocenters. The molecule has 4 heteroatoms. The third-order valence-corrected chi connectivity index (χ3v) is 4.63. The van der Waals surface area contributed by atoms with Crippen LogP contribution in [0.2, 0.25) is 0 Å². The number of hydrogen-bond donors (Lipinski definition) is 1. The zero-order valence-electron chi connectivity index (χ0n) is 15.7. The molecule has 0 aromatic heterocycles. The van der Waals surface area contributed by atoms with Gasteiger partial charge >= 0.3 is 0 Å². The molecule has 0 aliphatic heterocycles. The fourth-order valence-electron chi connectivity index (χ4n) is 3.27. The van der Waals surface area contributed by atoms with E-state index < -0.39 is 0 Å². The maximum atomic E-state index is 12.8. The smallest absolute Gasteiger partial charge is 0.227 e. The molecule has 0 aliphatic carbocycles. The number of carbonyl (C=O) groups excluding carboxylic acids is 1. The normalized spacial score (nSPS) is 13.2. The van der Waals surface area contributed by atoms with E-state index in [1.54, 1.807) is 12.0 Å². The highest BCUT2D eigenvalue weighted by Gasteiger charge is 2.25. The van der Waals surface area contributed by atoms with Crippen molar-refractivity contribution in [2.24, 2.45) is 11.7 Å². The van der Waals surface area contributed by atoms with Gasteiger partial charge < -0.3 is 15.4 Å². The van der Waals surface area contributed by atoms with Crippen molar-refractivity contribution in [3.63, 3.8) is 0 Å². The number of benzene rings is 2. The Bertz CT molecular complexity index is 705. The van der Waals surface area contributed by atoms with Gasteiger partial charge in [0, 0.05) is 19.6 Å². The number of rotatable bonds is 6. The van der Waals surface area contributed by atoms with Gasteiger partial charge in [-0.05, 0) is 36.1 Å². The molecule has 2 aromatic rings. The predicted octanol–water partition coefficient (Wildman–Crippen LogP) is 3.61. The van der Waals surface area contributed by atoms with Crippen LogP contribution in [0.1, 0.15) is 35.2 Å². The van der Waals surface area contributed by atoms with Crippen LogP contribution >= 0.6 is 0 Å². The van der Waals surface area contributed by atoms with E-state index in [2.05, 4.69) is 12.1 Å². The van der Waals surface area contributed by atoms with Crippen molar-refractivity contribution >= 4 is 5.91 Å². The van der Waals surface area contributed by atoms with Crippen molar-refractivity contribution in [1.82, 2.24) is 4.90 Å². The molecule has 0 fully saturated rings. The second-order valence-electron chi connectivity index (χ2n) is 6.68. The number of aryl methyl sites for hydroxylation is 2. The molecule has 0 heterocycles. The fraction of sp³-hybridized carbons (Fsp3) is 0.381. The second kappa shape index (κ2) is 8.17. The largest absolute Gasteiger partial charge is 0.496 e. The Morgan fingerprint density at radius 1 is 1.16 bits per heavy atom. The predicted molar refractivity (Wildman–Crippen MR) is 101 cm³/mol. The fourth-order valence-corrected chi connectivity index (χ4v) is 3.27. The molecule has 4 nitrogen and oxygen atoms in total. The minimum absolute atomic E-state index is 0.0440. The molecule has 0 aliphatic rings. The van der Waals surface area contributed by atoms with Gasteiger partial charge in [0.05, 0.1) is 13.0 Å². The van der Waals surface area contributed by atoms with Crippen molar-refractivity contribution in [1.29, 1.82) is 0 Å². The lowest BCUT2D eigenvalue weighted by molar-refractivity contribution is -0.134. The lowest BCUT2D eigenvalue weighted by Gasteiger charge is -2.26. The van der Waals surface area contributed by atoms with E-state index in [0.29, 0.717) is 6.54 Å². The first kappa shape index (κ1) is 19.0. The quantitative estimate of drug-likeness (QED) is 0.874. The van der Waals surface area contributed by atoms with Gasteiger partial charge in [-0.15, -0.1) is 0 Å². The highest BCUT2D eigenvalue weighted by molar-refractivity contribution is 5.79. The van der Waals surface area contributed by atoms with Crippen LogP contribution in [0.25, 0.3) is 0 Å². The minimum atomic E-state index is -0.310. The van der Waals surface area contributed by atoms with E-state index in [-0.39, 0.29) is 17.9 Å². The molecule has 0 bridgehead atoms. The van der Waals surface area contributed by atoms with E-state index in [4.69, 9.17) is 10.5 Å². The van der Waals surface area contributed by atoms with Crippen molar-refractivity contribution in [3.8, 4) is 5.75 Å². The number of carbonyl (C=O) groups is 1.